The van der Waals surface area contributed by atoms with Gasteiger partial charge in [0.05, 0.1) is 0 Å². The number of aliphatic hydroxyl groups excluding tert-OH is 1. The molecule has 21 heavy (non-hydrogen) atoms. The predicted molar refractivity (Wildman–Crippen MR) is 73.2 cm³/mol. The van der Waals surface area contributed by atoms with Crippen LogP contribution in [0.15, 0.2) is 12.3 Å². The van der Waals surface area contributed by atoms with Crippen molar-refractivity contribution in [3.63, 3.8) is 0 Å². The van der Waals surface area contributed by atoms with Crippen LogP contribution in [-0.4, -0.2) is 34.9 Å². The molecular weight excluding hydrogens is 285 g/mol. The number of aryl methyl sites for hydroxylation is 1. The van der Waals surface area contributed by atoms with Crippen molar-refractivity contribution in [1.82, 2.24) is 10.3 Å². The van der Waals surface area contributed by atoms with E-state index in [-0.39, 0.29) is 24.3 Å². The molecule has 0 bridgehead atoms. The zero-order valence-electron chi connectivity index (χ0n) is 12.6. The number of aromatic nitrogens is 1. The molecule has 0 saturated carbocycles. The first-order chi connectivity index (χ1) is 9.50. The molecule has 0 aromatic carbocycles. The normalized spacial score (nSPS) is 14.1. The summed E-state index contributed by atoms with van der Waals surface area (Å²) in [6, 6.07) is 1.27. The van der Waals surface area contributed by atoms with E-state index in [1.807, 2.05) is 20.8 Å². The number of β-amino-alcohol motifs (C(OH)–C–C–N with tert-alkyl or cyclic N) is 1. The second kappa shape index (κ2) is 6.62. The van der Waals surface area contributed by atoms with Gasteiger partial charge in [0.2, 0.25) is 5.88 Å². The smallest absolute Gasteiger partial charge is 0.421 e. The lowest BCUT2D eigenvalue weighted by Gasteiger charge is -2.23. The van der Waals surface area contributed by atoms with Gasteiger partial charge in [-0.2, -0.15) is 13.2 Å². The lowest BCUT2D eigenvalue weighted by molar-refractivity contribution is -0.140. The highest BCUT2D eigenvalue weighted by atomic mass is 19.4. The SMILES string of the molecule is Cc1ccnc(OC[C@@H](O)CNC(C)(C)C)c1C(F)(F)F. The molecular formula is C14H21F3N2O2. The summed E-state index contributed by atoms with van der Waals surface area (Å²) in [6.07, 6.45) is -4.21. The van der Waals surface area contributed by atoms with Crippen molar-refractivity contribution in [1.29, 1.82) is 0 Å². The Morgan fingerprint density at radius 3 is 2.48 bits per heavy atom. The van der Waals surface area contributed by atoms with Crippen LogP contribution in [0.3, 0.4) is 0 Å². The van der Waals surface area contributed by atoms with E-state index in [4.69, 9.17) is 4.74 Å². The van der Waals surface area contributed by atoms with Gasteiger partial charge in [0.15, 0.2) is 0 Å². The van der Waals surface area contributed by atoms with Gasteiger partial charge >= 0.3 is 6.18 Å². The molecule has 0 saturated heterocycles. The summed E-state index contributed by atoms with van der Waals surface area (Å²) in [7, 11) is 0. The molecule has 0 amide bonds. The van der Waals surface area contributed by atoms with Gasteiger partial charge in [0, 0.05) is 18.3 Å². The number of nitrogens with zero attached hydrogens (tertiary/aromatic N) is 1. The fourth-order valence-corrected chi connectivity index (χ4v) is 1.65. The summed E-state index contributed by atoms with van der Waals surface area (Å²) in [5.74, 6) is -0.502. The Morgan fingerprint density at radius 1 is 1.33 bits per heavy atom. The fraction of sp³-hybridized carbons (Fsp3) is 0.643. The average Bonchev–Trinajstić information content (AvgIpc) is 2.31. The first kappa shape index (κ1) is 17.7. The maximum atomic E-state index is 12.9. The third-order valence-corrected chi connectivity index (χ3v) is 2.69. The van der Waals surface area contributed by atoms with Gasteiger partial charge in [0.25, 0.3) is 0 Å². The van der Waals surface area contributed by atoms with Crippen LogP contribution in [-0.2, 0) is 6.18 Å². The molecule has 0 aliphatic heterocycles. The maximum Gasteiger partial charge on any atom is 0.421 e. The molecule has 1 rings (SSSR count). The van der Waals surface area contributed by atoms with Gasteiger partial charge in [-0.3, -0.25) is 0 Å². The highest BCUT2D eigenvalue weighted by molar-refractivity contribution is 5.36. The molecule has 7 heteroatoms. The molecule has 0 aliphatic rings. The first-order valence-corrected chi connectivity index (χ1v) is 6.59. The summed E-state index contributed by atoms with van der Waals surface area (Å²) < 4.78 is 43.9. The van der Waals surface area contributed by atoms with E-state index >= 15 is 0 Å². The van der Waals surface area contributed by atoms with Crippen LogP contribution in [0.5, 0.6) is 5.88 Å². The van der Waals surface area contributed by atoms with Crippen LogP contribution in [0.4, 0.5) is 13.2 Å². The van der Waals surface area contributed by atoms with Crippen molar-refractivity contribution in [3.05, 3.63) is 23.4 Å². The quantitative estimate of drug-likeness (QED) is 0.878. The van der Waals surface area contributed by atoms with Gasteiger partial charge < -0.3 is 15.2 Å². The lowest BCUT2D eigenvalue weighted by Crippen LogP contribution is -2.42. The molecule has 1 aromatic rings. The van der Waals surface area contributed by atoms with Crippen molar-refractivity contribution < 1.29 is 23.0 Å². The summed E-state index contributed by atoms with van der Waals surface area (Å²) in [5.41, 5.74) is -1.06. The fourth-order valence-electron chi connectivity index (χ4n) is 1.65. The van der Waals surface area contributed by atoms with Crippen LogP contribution in [0.2, 0.25) is 0 Å². The summed E-state index contributed by atoms with van der Waals surface area (Å²) >= 11 is 0. The lowest BCUT2D eigenvalue weighted by atomic mass is 10.1. The Kier molecular flexibility index (Phi) is 5.58. The second-order valence-corrected chi connectivity index (χ2v) is 5.90. The molecule has 4 nitrogen and oxygen atoms in total. The summed E-state index contributed by atoms with van der Waals surface area (Å²) in [4.78, 5) is 3.61. The number of halogens is 3. The molecule has 0 radical (unpaired) electrons. The van der Waals surface area contributed by atoms with Crippen molar-refractivity contribution in [2.75, 3.05) is 13.2 Å². The summed E-state index contributed by atoms with van der Waals surface area (Å²) in [6.45, 7) is 7.06. The van der Waals surface area contributed by atoms with Crippen LogP contribution in [0.25, 0.3) is 0 Å². The number of hydrogen-bond acceptors (Lipinski definition) is 4. The van der Waals surface area contributed by atoms with Gasteiger partial charge in [-0.25, -0.2) is 4.98 Å². The predicted octanol–water partition coefficient (Wildman–Crippen LogP) is 2.54. The van der Waals surface area contributed by atoms with E-state index in [2.05, 4.69) is 10.3 Å². The first-order valence-electron chi connectivity index (χ1n) is 6.59. The van der Waals surface area contributed by atoms with Crippen molar-refractivity contribution in [2.24, 2.45) is 0 Å². The zero-order valence-corrected chi connectivity index (χ0v) is 12.6. The van der Waals surface area contributed by atoms with Crippen molar-refractivity contribution in [3.8, 4) is 5.88 Å². The van der Waals surface area contributed by atoms with Crippen molar-refractivity contribution >= 4 is 0 Å². The number of nitrogens with one attached hydrogen (secondary N) is 1. The van der Waals surface area contributed by atoms with E-state index < -0.39 is 23.7 Å². The van der Waals surface area contributed by atoms with Gasteiger partial charge in [0.1, 0.15) is 18.3 Å². The highest BCUT2D eigenvalue weighted by Crippen LogP contribution is 2.37. The molecule has 2 N–H and O–H groups in total. The number of pyridine rings is 1. The Bertz CT molecular complexity index is 470. The van der Waals surface area contributed by atoms with E-state index in [0.29, 0.717) is 0 Å². The third-order valence-electron chi connectivity index (χ3n) is 2.69. The standard InChI is InChI=1S/C14H21F3N2O2/c1-9-5-6-18-12(11(9)14(15,16)17)21-8-10(20)7-19-13(2,3)4/h5-6,10,19-20H,7-8H2,1-4H3/t10-/m0/s1. The Labute approximate surface area is 122 Å². The average molecular weight is 306 g/mol. The Hall–Kier alpha value is -1.34. The van der Waals surface area contributed by atoms with Crippen LogP contribution >= 0.6 is 0 Å². The summed E-state index contributed by atoms with van der Waals surface area (Å²) in [5, 5.41) is 12.8. The van der Waals surface area contributed by atoms with E-state index in [1.165, 1.54) is 19.2 Å². The maximum absolute atomic E-state index is 12.9. The van der Waals surface area contributed by atoms with Gasteiger partial charge in [-0.05, 0) is 39.3 Å². The van der Waals surface area contributed by atoms with E-state index in [9.17, 15) is 18.3 Å². The van der Waals surface area contributed by atoms with Crippen molar-refractivity contribution in [2.45, 2.75) is 45.5 Å². The number of alkyl halides is 3. The van der Waals surface area contributed by atoms with Crippen LogP contribution < -0.4 is 10.1 Å². The largest absolute Gasteiger partial charge is 0.474 e. The molecule has 0 fully saturated rings. The van der Waals surface area contributed by atoms with Crippen LogP contribution in [0, 0.1) is 6.92 Å². The highest BCUT2D eigenvalue weighted by Gasteiger charge is 2.37. The van der Waals surface area contributed by atoms with Gasteiger partial charge in [-0.15, -0.1) is 0 Å². The minimum atomic E-state index is -4.54. The number of hydrogen-bond donors (Lipinski definition) is 2. The monoisotopic (exact) mass is 306 g/mol. The second-order valence-electron chi connectivity index (χ2n) is 5.90. The Balaban J connectivity index is 2.70. The Morgan fingerprint density at radius 2 is 1.95 bits per heavy atom. The number of ether oxygens (including phenoxy) is 1. The minimum Gasteiger partial charge on any atom is -0.474 e. The number of rotatable bonds is 5. The van der Waals surface area contributed by atoms with E-state index in [1.54, 1.807) is 0 Å². The number of aliphatic hydroxyl groups is 1. The molecule has 120 valence electrons. The molecule has 0 spiro atoms. The molecule has 1 heterocycles. The van der Waals surface area contributed by atoms with Crippen LogP contribution in [0.1, 0.15) is 31.9 Å². The van der Waals surface area contributed by atoms with E-state index in [0.717, 1.165) is 0 Å². The minimum absolute atomic E-state index is 0.0369. The molecule has 1 aromatic heterocycles. The molecule has 0 aliphatic carbocycles. The molecule has 1 atom stereocenters. The third kappa shape index (κ3) is 5.89. The zero-order chi connectivity index (χ0) is 16.3. The van der Waals surface area contributed by atoms with Gasteiger partial charge in [-0.1, -0.05) is 0 Å². The topological polar surface area (TPSA) is 54.4 Å². The molecule has 0 unspecified atom stereocenters.